The average Bonchev–Trinajstić information content (AvgIpc) is 3.28. The predicted octanol–water partition coefficient (Wildman–Crippen LogP) is 3.45. The molecule has 0 bridgehead atoms. The van der Waals surface area contributed by atoms with Crippen LogP contribution in [0.1, 0.15) is 35.0 Å². The molecule has 0 unspecified atom stereocenters. The van der Waals surface area contributed by atoms with Crippen molar-refractivity contribution in [1.29, 1.82) is 5.26 Å². The molecule has 2 aromatic carbocycles. The highest BCUT2D eigenvalue weighted by atomic mass is 16.1. The lowest BCUT2D eigenvalue weighted by Gasteiger charge is -2.13. The summed E-state index contributed by atoms with van der Waals surface area (Å²) in [6.07, 6.45) is 2.54. The Morgan fingerprint density at radius 2 is 2.15 bits per heavy atom. The Hall–Kier alpha value is -3.59. The van der Waals surface area contributed by atoms with Gasteiger partial charge in [0, 0.05) is 37.0 Å². The molecule has 134 valence electrons. The van der Waals surface area contributed by atoms with Crippen LogP contribution < -0.4 is 5.32 Å². The van der Waals surface area contributed by atoms with Gasteiger partial charge in [0.2, 0.25) is 5.91 Å². The molecule has 0 spiro atoms. The molecule has 4 rings (SSSR count). The van der Waals surface area contributed by atoms with Crippen molar-refractivity contribution < 1.29 is 4.79 Å². The quantitative estimate of drug-likeness (QED) is 0.522. The number of amides is 1. The Balaban J connectivity index is 1.79. The number of nitriles is 1. The molecule has 4 aromatic rings. The van der Waals surface area contributed by atoms with Crippen molar-refractivity contribution in [3.8, 4) is 6.07 Å². The third kappa shape index (κ3) is 3.15. The zero-order valence-corrected chi connectivity index (χ0v) is 15.2. The van der Waals surface area contributed by atoms with Crippen molar-refractivity contribution in [3.63, 3.8) is 0 Å². The van der Waals surface area contributed by atoms with E-state index in [9.17, 15) is 4.79 Å². The minimum absolute atomic E-state index is 0.0551. The Labute approximate surface area is 156 Å². The predicted molar refractivity (Wildman–Crippen MR) is 104 cm³/mol. The summed E-state index contributed by atoms with van der Waals surface area (Å²) in [4.78, 5) is 22.7. The van der Waals surface area contributed by atoms with Crippen molar-refractivity contribution >= 4 is 27.8 Å². The molecule has 0 aliphatic heterocycles. The highest BCUT2D eigenvalue weighted by Gasteiger charge is 2.14. The molecule has 2 heterocycles. The van der Waals surface area contributed by atoms with E-state index in [1.54, 1.807) is 12.1 Å². The van der Waals surface area contributed by atoms with Crippen LogP contribution in [0.3, 0.4) is 0 Å². The number of rotatable bonds is 4. The second-order valence-electron chi connectivity index (χ2n) is 6.71. The number of fused-ring (bicyclic) bond motifs is 2. The molecule has 6 nitrogen and oxygen atoms in total. The molecule has 6 heteroatoms. The number of aromatic amines is 2. The molecule has 2 aromatic heterocycles. The number of nitrogens with zero attached hydrogens (tertiary/aromatic N) is 2. The van der Waals surface area contributed by atoms with Gasteiger partial charge in [-0.1, -0.05) is 6.07 Å². The maximum Gasteiger partial charge on any atom is 0.217 e. The summed E-state index contributed by atoms with van der Waals surface area (Å²) in [7, 11) is 0. The molecule has 0 aliphatic carbocycles. The number of nitrogens with one attached hydrogen (secondary N) is 3. The molecule has 0 saturated carbocycles. The molecule has 0 atom stereocenters. The number of carbonyl (C=O) groups is 1. The van der Waals surface area contributed by atoms with E-state index < -0.39 is 0 Å². The minimum atomic E-state index is -0.0551. The summed E-state index contributed by atoms with van der Waals surface area (Å²) in [6, 6.07) is 11.8. The molecule has 0 saturated heterocycles. The van der Waals surface area contributed by atoms with Gasteiger partial charge in [-0.05, 0) is 47.9 Å². The van der Waals surface area contributed by atoms with Crippen LogP contribution in [0.15, 0.2) is 36.5 Å². The number of hydrogen-bond acceptors (Lipinski definition) is 3. The number of carbonyl (C=O) groups excluding carboxylic acids is 1. The van der Waals surface area contributed by atoms with E-state index >= 15 is 0 Å². The van der Waals surface area contributed by atoms with Crippen molar-refractivity contribution in [2.75, 3.05) is 0 Å². The van der Waals surface area contributed by atoms with Crippen LogP contribution in [-0.4, -0.2) is 20.9 Å². The first-order valence-corrected chi connectivity index (χ1v) is 8.77. The average molecular weight is 357 g/mol. The van der Waals surface area contributed by atoms with Crippen molar-refractivity contribution in [3.05, 3.63) is 64.6 Å². The molecule has 27 heavy (non-hydrogen) atoms. The van der Waals surface area contributed by atoms with E-state index in [1.165, 1.54) is 6.92 Å². The van der Waals surface area contributed by atoms with E-state index in [1.807, 2.05) is 12.3 Å². The smallest absolute Gasteiger partial charge is 0.217 e. The van der Waals surface area contributed by atoms with Crippen LogP contribution in [0.4, 0.5) is 0 Å². The second-order valence-corrected chi connectivity index (χ2v) is 6.71. The monoisotopic (exact) mass is 357 g/mol. The lowest BCUT2D eigenvalue weighted by molar-refractivity contribution is -0.119. The van der Waals surface area contributed by atoms with Gasteiger partial charge in [0.05, 0.1) is 22.7 Å². The Morgan fingerprint density at radius 1 is 1.30 bits per heavy atom. The maximum atomic E-state index is 11.4. The molecular formula is C21H19N5O. The summed E-state index contributed by atoms with van der Waals surface area (Å²) in [5, 5.41) is 13.1. The van der Waals surface area contributed by atoms with Crippen molar-refractivity contribution in [2.24, 2.45) is 0 Å². The summed E-state index contributed by atoms with van der Waals surface area (Å²) < 4.78 is 0. The van der Waals surface area contributed by atoms with Gasteiger partial charge in [-0.25, -0.2) is 4.98 Å². The zero-order chi connectivity index (χ0) is 19.0. The largest absolute Gasteiger partial charge is 0.361 e. The normalized spacial score (nSPS) is 11.0. The van der Waals surface area contributed by atoms with Crippen LogP contribution in [0.25, 0.3) is 21.9 Å². The number of imidazole rings is 1. The molecule has 3 N–H and O–H groups in total. The topological polar surface area (TPSA) is 97.4 Å². The van der Waals surface area contributed by atoms with Crippen LogP contribution in [0, 0.1) is 18.3 Å². The van der Waals surface area contributed by atoms with Crippen molar-refractivity contribution in [1.82, 2.24) is 20.3 Å². The molecule has 0 aliphatic rings. The Morgan fingerprint density at radius 3 is 2.93 bits per heavy atom. The summed E-state index contributed by atoms with van der Waals surface area (Å²) in [5.74, 6) is 0.774. The number of hydrogen-bond donors (Lipinski definition) is 3. The van der Waals surface area contributed by atoms with Gasteiger partial charge in [0.1, 0.15) is 5.82 Å². The number of H-pyrrole nitrogens is 2. The van der Waals surface area contributed by atoms with Gasteiger partial charge >= 0.3 is 0 Å². The van der Waals surface area contributed by atoms with Gasteiger partial charge in [0.25, 0.3) is 0 Å². The Bertz CT molecular complexity index is 1210. The summed E-state index contributed by atoms with van der Waals surface area (Å²) in [6.45, 7) is 4.06. The first-order valence-electron chi connectivity index (χ1n) is 8.77. The fourth-order valence-corrected chi connectivity index (χ4v) is 3.51. The zero-order valence-electron chi connectivity index (χ0n) is 15.2. The molecule has 1 amide bonds. The van der Waals surface area contributed by atoms with Gasteiger partial charge in [0.15, 0.2) is 0 Å². The van der Waals surface area contributed by atoms with Crippen LogP contribution in [0.5, 0.6) is 0 Å². The lowest BCUT2D eigenvalue weighted by Crippen LogP contribution is -2.20. The molecule has 0 fully saturated rings. The Kier molecular flexibility index (Phi) is 4.13. The number of aromatic nitrogens is 3. The van der Waals surface area contributed by atoms with Gasteiger partial charge in [-0.15, -0.1) is 0 Å². The van der Waals surface area contributed by atoms with E-state index in [-0.39, 0.29) is 5.91 Å². The number of benzene rings is 2. The first kappa shape index (κ1) is 16.9. The highest BCUT2D eigenvalue weighted by molar-refractivity contribution is 5.87. The maximum absolute atomic E-state index is 11.4. The van der Waals surface area contributed by atoms with E-state index in [0.717, 1.165) is 44.5 Å². The second kappa shape index (κ2) is 6.61. The van der Waals surface area contributed by atoms with Crippen LogP contribution in [-0.2, 0) is 17.8 Å². The third-order valence-electron chi connectivity index (χ3n) is 4.78. The van der Waals surface area contributed by atoms with Crippen molar-refractivity contribution in [2.45, 2.75) is 26.8 Å². The van der Waals surface area contributed by atoms with E-state index in [0.29, 0.717) is 18.5 Å². The summed E-state index contributed by atoms with van der Waals surface area (Å²) in [5.41, 5.74) is 6.73. The number of aryl methyl sites for hydroxylation is 1. The van der Waals surface area contributed by atoms with E-state index in [4.69, 9.17) is 5.26 Å². The van der Waals surface area contributed by atoms with E-state index in [2.05, 4.69) is 45.4 Å². The SMILES string of the molecule is CC(=O)NCc1cc(C)c2[nH]ccc2c1Cc1nc2cc(C#N)ccc2[nH]1. The molecular weight excluding hydrogens is 338 g/mol. The first-order chi connectivity index (χ1) is 13.0. The standard InChI is InChI=1S/C21H19N5O/c1-12-7-15(11-24-13(2)27)17(16-5-6-23-21(12)16)9-20-25-18-4-3-14(10-22)8-19(18)26-20/h3-8,23H,9,11H2,1-2H3,(H,24,27)(H,25,26). The third-order valence-corrected chi connectivity index (χ3v) is 4.78. The van der Waals surface area contributed by atoms with Crippen LogP contribution >= 0.6 is 0 Å². The fraction of sp³-hybridized carbons (Fsp3) is 0.190. The minimum Gasteiger partial charge on any atom is -0.361 e. The fourth-order valence-electron chi connectivity index (χ4n) is 3.51. The molecule has 0 radical (unpaired) electrons. The van der Waals surface area contributed by atoms with Gasteiger partial charge < -0.3 is 15.3 Å². The van der Waals surface area contributed by atoms with Gasteiger partial charge in [-0.2, -0.15) is 5.26 Å². The lowest BCUT2D eigenvalue weighted by atomic mass is 9.96. The highest BCUT2D eigenvalue weighted by Crippen LogP contribution is 2.28. The van der Waals surface area contributed by atoms with Gasteiger partial charge in [-0.3, -0.25) is 4.79 Å². The van der Waals surface area contributed by atoms with Crippen LogP contribution in [0.2, 0.25) is 0 Å². The summed E-state index contributed by atoms with van der Waals surface area (Å²) >= 11 is 0.